The fourth-order valence-electron chi connectivity index (χ4n) is 2.86. The Morgan fingerprint density at radius 2 is 2.03 bits per heavy atom. The molecule has 0 fully saturated rings. The molecule has 30 heavy (non-hydrogen) atoms. The van der Waals surface area contributed by atoms with Gasteiger partial charge in [0.25, 0.3) is 0 Å². The van der Waals surface area contributed by atoms with Crippen molar-refractivity contribution in [1.82, 2.24) is 14.5 Å². The second kappa shape index (κ2) is 9.45. The van der Waals surface area contributed by atoms with Crippen molar-refractivity contribution in [1.29, 1.82) is 0 Å². The van der Waals surface area contributed by atoms with Crippen LogP contribution in [-0.2, 0) is 6.54 Å². The number of nitrogens with one attached hydrogen (secondary N) is 2. The SMILES string of the molecule is CCn1cc(OC)c(=O)nc1Nc1cc2[nH]ccc2cc1C.Fc1ccccc1Cl. The van der Waals surface area contributed by atoms with Crippen molar-refractivity contribution in [2.75, 3.05) is 12.4 Å². The van der Waals surface area contributed by atoms with Crippen molar-refractivity contribution in [3.63, 3.8) is 0 Å². The molecule has 0 amide bonds. The van der Waals surface area contributed by atoms with E-state index in [4.69, 9.17) is 16.3 Å². The van der Waals surface area contributed by atoms with Crippen LogP contribution in [0.1, 0.15) is 12.5 Å². The van der Waals surface area contributed by atoms with Gasteiger partial charge in [-0.15, -0.1) is 0 Å². The molecule has 8 heteroatoms. The molecule has 0 aliphatic heterocycles. The van der Waals surface area contributed by atoms with E-state index in [1.807, 2.05) is 36.7 Å². The van der Waals surface area contributed by atoms with Gasteiger partial charge in [0.05, 0.1) is 18.3 Å². The van der Waals surface area contributed by atoms with E-state index in [0.29, 0.717) is 12.5 Å². The maximum atomic E-state index is 12.2. The topological polar surface area (TPSA) is 71.9 Å². The van der Waals surface area contributed by atoms with E-state index in [1.54, 1.807) is 18.3 Å². The van der Waals surface area contributed by atoms with Crippen molar-refractivity contribution in [2.45, 2.75) is 20.4 Å². The van der Waals surface area contributed by atoms with Crippen LogP contribution in [0.2, 0.25) is 5.02 Å². The molecule has 0 bridgehead atoms. The summed E-state index contributed by atoms with van der Waals surface area (Å²) in [6, 6.07) is 12.2. The quantitative estimate of drug-likeness (QED) is 0.463. The first kappa shape index (κ1) is 21.4. The zero-order valence-electron chi connectivity index (χ0n) is 16.9. The number of methoxy groups -OCH3 is 1. The number of H-pyrrole nitrogens is 1. The highest BCUT2D eigenvalue weighted by Gasteiger charge is 2.10. The Morgan fingerprint density at radius 1 is 1.27 bits per heavy atom. The zero-order valence-corrected chi connectivity index (χ0v) is 17.6. The number of aryl methyl sites for hydroxylation is 2. The summed E-state index contributed by atoms with van der Waals surface area (Å²) in [7, 11) is 1.47. The monoisotopic (exact) mass is 428 g/mol. The molecule has 0 unspecified atom stereocenters. The van der Waals surface area contributed by atoms with Crippen LogP contribution in [0.25, 0.3) is 10.9 Å². The van der Waals surface area contributed by atoms with E-state index >= 15 is 0 Å². The van der Waals surface area contributed by atoms with Gasteiger partial charge in [0.1, 0.15) is 5.82 Å². The minimum atomic E-state index is -0.381. The van der Waals surface area contributed by atoms with Crippen LogP contribution in [0.4, 0.5) is 16.0 Å². The van der Waals surface area contributed by atoms with Crippen LogP contribution in [0.3, 0.4) is 0 Å². The number of hydrogen-bond donors (Lipinski definition) is 2. The number of rotatable bonds is 4. The van der Waals surface area contributed by atoms with Gasteiger partial charge in [-0.1, -0.05) is 23.7 Å². The van der Waals surface area contributed by atoms with Crippen molar-refractivity contribution in [2.24, 2.45) is 0 Å². The molecule has 2 N–H and O–H groups in total. The number of halogens is 2. The molecule has 0 radical (unpaired) electrons. The lowest BCUT2D eigenvalue weighted by Crippen LogP contribution is -2.18. The first-order chi connectivity index (χ1) is 14.4. The van der Waals surface area contributed by atoms with Crippen LogP contribution in [0.5, 0.6) is 5.75 Å². The van der Waals surface area contributed by atoms with Gasteiger partial charge in [-0.05, 0) is 55.1 Å². The first-order valence-electron chi connectivity index (χ1n) is 9.33. The maximum absolute atomic E-state index is 12.2. The normalized spacial score (nSPS) is 10.4. The summed E-state index contributed by atoms with van der Waals surface area (Å²) in [4.78, 5) is 19.2. The van der Waals surface area contributed by atoms with E-state index in [-0.39, 0.29) is 22.1 Å². The molecular weight excluding hydrogens is 407 g/mol. The second-order valence-corrected chi connectivity index (χ2v) is 6.90. The molecular formula is C22H22ClFN4O2. The third kappa shape index (κ3) is 4.80. The van der Waals surface area contributed by atoms with Crippen LogP contribution < -0.4 is 15.6 Å². The lowest BCUT2D eigenvalue weighted by molar-refractivity contribution is 0.402. The van der Waals surface area contributed by atoms with Gasteiger partial charge in [0.15, 0.2) is 0 Å². The largest absolute Gasteiger partial charge is 0.490 e. The first-order valence-corrected chi connectivity index (χ1v) is 9.71. The average molecular weight is 429 g/mol. The molecule has 0 aliphatic carbocycles. The van der Waals surface area contributed by atoms with E-state index < -0.39 is 0 Å². The number of nitrogens with zero attached hydrogens (tertiary/aromatic N) is 2. The Labute approximate surface area is 178 Å². The van der Waals surface area contributed by atoms with E-state index in [1.165, 1.54) is 19.2 Å². The molecule has 0 saturated heterocycles. The van der Waals surface area contributed by atoms with E-state index in [2.05, 4.69) is 21.4 Å². The summed E-state index contributed by atoms with van der Waals surface area (Å²) in [6.07, 6.45) is 3.57. The molecule has 4 aromatic rings. The fourth-order valence-corrected chi connectivity index (χ4v) is 3.00. The van der Waals surface area contributed by atoms with Crippen molar-refractivity contribution >= 4 is 34.1 Å². The van der Waals surface area contributed by atoms with E-state index in [9.17, 15) is 9.18 Å². The standard InChI is InChI=1S/C16H18N4O2.C6H4ClF/c1-4-20-9-14(22-3)15(21)19-16(20)18-12-8-13-11(5-6-17-13)7-10(12)2;7-5-3-1-2-4-6(5)8/h5-9,17H,4H2,1-3H3,(H,18,19,21);1-4H. The zero-order chi connectivity index (χ0) is 21.7. The number of ether oxygens (including phenoxy) is 1. The number of aromatic amines is 1. The third-order valence-electron chi connectivity index (χ3n) is 4.49. The minimum absolute atomic E-state index is 0.174. The number of fused-ring (bicyclic) bond motifs is 1. The molecule has 156 valence electrons. The van der Waals surface area contributed by atoms with Crippen molar-refractivity contribution in [3.05, 3.63) is 81.6 Å². The van der Waals surface area contributed by atoms with Crippen molar-refractivity contribution < 1.29 is 9.13 Å². The molecule has 2 aromatic heterocycles. The van der Waals surface area contributed by atoms with Crippen LogP contribution in [0, 0.1) is 12.7 Å². The van der Waals surface area contributed by atoms with Gasteiger partial charge in [-0.25, -0.2) is 4.39 Å². The summed E-state index contributed by atoms with van der Waals surface area (Å²) in [5, 5.41) is 4.57. The molecule has 4 rings (SSSR count). The Hall–Kier alpha value is -3.32. The molecule has 0 aliphatic rings. The highest BCUT2D eigenvalue weighted by atomic mass is 35.5. The lowest BCUT2D eigenvalue weighted by atomic mass is 10.1. The Morgan fingerprint density at radius 3 is 2.67 bits per heavy atom. The Balaban J connectivity index is 0.000000269. The molecule has 6 nitrogen and oxygen atoms in total. The summed E-state index contributed by atoms with van der Waals surface area (Å²) in [5.41, 5.74) is 2.65. The summed E-state index contributed by atoms with van der Waals surface area (Å²) >= 11 is 5.33. The average Bonchev–Trinajstić information content (AvgIpc) is 3.18. The Bertz CT molecular complexity index is 1200. The molecule has 0 saturated carbocycles. The predicted octanol–water partition coefficient (Wildman–Crippen LogP) is 5.28. The second-order valence-electron chi connectivity index (χ2n) is 6.50. The Kier molecular flexibility index (Phi) is 6.74. The fraction of sp³-hybridized carbons (Fsp3) is 0.182. The lowest BCUT2D eigenvalue weighted by Gasteiger charge is -2.15. The minimum Gasteiger partial charge on any atom is -0.490 e. The van der Waals surface area contributed by atoms with Crippen molar-refractivity contribution in [3.8, 4) is 5.75 Å². The maximum Gasteiger partial charge on any atom is 0.316 e. The molecule has 0 atom stereocenters. The highest BCUT2D eigenvalue weighted by Crippen LogP contribution is 2.25. The summed E-state index contributed by atoms with van der Waals surface area (Å²) in [6.45, 7) is 4.68. The van der Waals surface area contributed by atoms with E-state index in [0.717, 1.165) is 22.2 Å². The molecule has 2 heterocycles. The molecule has 2 aromatic carbocycles. The number of benzene rings is 2. The van der Waals surface area contributed by atoms with Gasteiger partial charge in [0.2, 0.25) is 11.7 Å². The highest BCUT2D eigenvalue weighted by molar-refractivity contribution is 6.30. The van der Waals surface area contributed by atoms with Crippen LogP contribution >= 0.6 is 11.6 Å². The smallest absolute Gasteiger partial charge is 0.316 e. The number of aromatic nitrogens is 3. The predicted molar refractivity (Wildman–Crippen MR) is 118 cm³/mol. The van der Waals surface area contributed by atoms with Gasteiger partial charge in [0, 0.05) is 23.9 Å². The molecule has 0 spiro atoms. The summed E-state index contributed by atoms with van der Waals surface area (Å²) < 4.78 is 19.1. The van der Waals surface area contributed by atoms with Gasteiger partial charge in [-0.3, -0.25) is 4.79 Å². The van der Waals surface area contributed by atoms with Gasteiger partial charge in [-0.2, -0.15) is 4.98 Å². The third-order valence-corrected chi connectivity index (χ3v) is 4.80. The summed E-state index contributed by atoms with van der Waals surface area (Å²) in [5.74, 6) is 0.375. The number of hydrogen-bond acceptors (Lipinski definition) is 4. The van der Waals surface area contributed by atoms with Crippen LogP contribution in [-0.4, -0.2) is 21.6 Å². The van der Waals surface area contributed by atoms with Gasteiger partial charge >= 0.3 is 5.56 Å². The number of anilines is 2. The van der Waals surface area contributed by atoms with Crippen LogP contribution in [0.15, 0.2) is 59.7 Å². The van der Waals surface area contributed by atoms with Gasteiger partial charge < -0.3 is 19.6 Å².